The van der Waals surface area contributed by atoms with Crippen LogP contribution in [-0.4, -0.2) is 12.8 Å². The first-order valence-electron chi connectivity index (χ1n) is 2.84. The van der Waals surface area contributed by atoms with E-state index in [2.05, 4.69) is 0 Å². The molecule has 0 unspecified atom stereocenters. The van der Waals surface area contributed by atoms with Crippen LogP contribution < -0.4 is 0 Å². The predicted octanol–water partition coefficient (Wildman–Crippen LogP) is 1.50. The molecular weight excluding hydrogens is 114 g/mol. The van der Waals surface area contributed by atoms with Crippen LogP contribution in [0.25, 0.3) is 0 Å². The molecule has 0 aromatic carbocycles. The minimum atomic E-state index is 0.462. The zero-order valence-corrected chi connectivity index (χ0v) is 5.35. The summed E-state index contributed by atoms with van der Waals surface area (Å²) >= 11 is 0. The maximum absolute atomic E-state index is 7.27. The number of ether oxygens (including phenoxy) is 1. The molecule has 0 aromatic heterocycles. The molecule has 0 saturated carbocycles. The van der Waals surface area contributed by atoms with Crippen LogP contribution in [0.2, 0.25) is 0 Å². The smallest absolute Gasteiger partial charge is 0.140 e. The molecule has 9 heavy (non-hydrogen) atoms. The number of rotatable bonds is 1. The maximum atomic E-state index is 7.27. The zero-order valence-electron chi connectivity index (χ0n) is 5.35. The van der Waals surface area contributed by atoms with Crippen molar-refractivity contribution in [3.8, 4) is 0 Å². The van der Waals surface area contributed by atoms with E-state index in [1.165, 1.54) is 0 Å². The van der Waals surface area contributed by atoms with Crippen molar-refractivity contribution in [2.75, 3.05) is 7.11 Å². The summed E-state index contributed by atoms with van der Waals surface area (Å²) in [6, 6.07) is 0. The Balaban J connectivity index is 2.71. The van der Waals surface area contributed by atoms with Crippen LogP contribution in [0.15, 0.2) is 24.0 Å². The quantitative estimate of drug-likeness (QED) is 0.563. The average Bonchev–Trinajstić information content (AvgIpc) is 1.89. The van der Waals surface area contributed by atoms with E-state index in [1.807, 2.05) is 12.2 Å². The second kappa shape index (κ2) is 2.49. The molecule has 1 rings (SSSR count). The van der Waals surface area contributed by atoms with Gasteiger partial charge in [0, 0.05) is 0 Å². The summed E-state index contributed by atoms with van der Waals surface area (Å²) in [5, 5.41) is 7.27. The van der Waals surface area contributed by atoms with Crippen molar-refractivity contribution in [1.29, 1.82) is 5.41 Å². The Labute approximate surface area is 54.3 Å². The Morgan fingerprint density at radius 3 is 2.89 bits per heavy atom. The fourth-order valence-electron chi connectivity index (χ4n) is 0.746. The highest BCUT2D eigenvalue weighted by atomic mass is 16.5. The van der Waals surface area contributed by atoms with Crippen LogP contribution in [0.3, 0.4) is 0 Å². The van der Waals surface area contributed by atoms with Crippen molar-refractivity contribution >= 4 is 5.71 Å². The van der Waals surface area contributed by atoms with Crippen molar-refractivity contribution in [3.05, 3.63) is 24.0 Å². The lowest BCUT2D eigenvalue weighted by atomic mass is 10.1. The summed E-state index contributed by atoms with van der Waals surface area (Å²) in [5.74, 6) is 0.678. The Bertz CT molecular complexity index is 179. The first kappa shape index (κ1) is 6.08. The molecule has 0 spiro atoms. The summed E-state index contributed by atoms with van der Waals surface area (Å²) in [4.78, 5) is 0. The van der Waals surface area contributed by atoms with Crippen LogP contribution in [0.4, 0.5) is 0 Å². The molecule has 0 radical (unpaired) electrons. The molecule has 0 atom stereocenters. The van der Waals surface area contributed by atoms with Gasteiger partial charge in [0.2, 0.25) is 0 Å². The minimum absolute atomic E-state index is 0.462. The van der Waals surface area contributed by atoms with E-state index in [1.54, 1.807) is 13.2 Å². The molecular formula is C7H9NO. The summed E-state index contributed by atoms with van der Waals surface area (Å²) in [6.07, 6.45) is 6.46. The Hall–Kier alpha value is -1.05. The van der Waals surface area contributed by atoms with E-state index < -0.39 is 0 Å². The molecule has 0 amide bonds. The van der Waals surface area contributed by atoms with Gasteiger partial charge in [0.25, 0.3) is 0 Å². The molecule has 2 nitrogen and oxygen atoms in total. The van der Waals surface area contributed by atoms with Crippen LogP contribution in [0.1, 0.15) is 6.42 Å². The minimum Gasteiger partial charge on any atom is -0.495 e. The molecule has 0 aromatic rings. The number of hydrogen-bond donors (Lipinski definition) is 1. The fraction of sp³-hybridized carbons (Fsp3) is 0.286. The number of methoxy groups -OCH3 is 1. The molecule has 0 fully saturated rings. The highest BCUT2D eigenvalue weighted by molar-refractivity contribution is 6.05. The number of allylic oxidation sites excluding steroid dienone is 3. The average molecular weight is 123 g/mol. The molecule has 0 bridgehead atoms. The summed E-state index contributed by atoms with van der Waals surface area (Å²) in [7, 11) is 1.58. The number of nitrogens with one attached hydrogen (secondary N) is 1. The molecule has 2 heteroatoms. The molecule has 0 saturated heterocycles. The van der Waals surface area contributed by atoms with Gasteiger partial charge in [-0.3, -0.25) is 5.41 Å². The van der Waals surface area contributed by atoms with Gasteiger partial charge in [-0.15, -0.1) is 0 Å². The Kier molecular flexibility index (Phi) is 1.68. The van der Waals surface area contributed by atoms with Gasteiger partial charge in [-0.1, -0.05) is 6.08 Å². The first-order chi connectivity index (χ1) is 4.34. The zero-order chi connectivity index (χ0) is 6.69. The molecule has 1 aliphatic rings. The molecule has 48 valence electrons. The maximum Gasteiger partial charge on any atom is 0.140 e. The third-order valence-corrected chi connectivity index (χ3v) is 1.21. The van der Waals surface area contributed by atoms with E-state index in [0.29, 0.717) is 11.5 Å². The lowest BCUT2D eigenvalue weighted by Gasteiger charge is -2.06. The van der Waals surface area contributed by atoms with Gasteiger partial charge in [-0.25, -0.2) is 0 Å². The molecule has 1 aliphatic carbocycles. The lowest BCUT2D eigenvalue weighted by Crippen LogP contribution is -2.02. The third kappa shape index (κ3) is 1.19. The standard InChI is InChI=1S/C7H9NO/c1-9-7-5-3-2-4-6(7)8/h2,4-5,8H,3H2,1H3. The van der Waals surface area contributed by atoms with Gasteiger partial charge < -0.3 is 4.74 Å². The van der Waals surface area contributed by atoms with Gasteiger partial charge in [-0.05, 0) is 18.6 Å². The third-order valence-electron chi connectivity index (χ3n) is 1.21. The summed E-state index contributed by atoms with van der Waals surface area (Å²) in [6.45, 7) is 0. The van der Waals surface area contributed by atoms with Crippen LogP contribution in [-0.2, 0) is 4.74 Å². The summed E-state index contributed by atoms with van der Waals surface area (Å²) < 4.78 is 4.89. The van der Waals surface area contributed by atoms with Crippen molar-refractivity contribution in [2.24, 2.45) is 0 Å². The fourth-order valence-corrected chi connectivity index (χ4v) is 0.746. The normalized spacial score (nSPS) is 17.4. The van der Waals surface area contributed by atoms with Crippen molar-refractivity contribution < 1.29 is 4.74 Å². The van der Waals surface area contributed by atoms with Gasteiger partial charge in [-0.2, -0.15) is 0 Å². The highest BCUT2D eigenvalue weighted by Crippen LogP contribution is 2.06. The lowest BCUT2D eigenvalue weighted by molar-refractivity contribution is 0.313. The van der Waals surface area contributed by atoms with Gasteiger partial charge in [0.1, 0.15) is 5.76 Å². The summed E-state index contributed by atoms with van der Waals surface area (Å²) in [5.41, 5.74) is 0.462. The van der Waals surface area contributed by atoms with Crippen LogP contribution in [0, 0.1) is 5.41 Å². The van der Waals surface area contributed by atoms with Crippen LogP contribution in [0.5, 0.6) is 0 Å². The van der Waals surface area contributed by atoms with Gasteiger partial charge in [0.15, 0.2) is 0 Å². The van der Waals surface area contributed by atoms with Crippen molar-refractivity contribution in [1.82, 2.24) is 0 Å². The van der Waals surface area contributed by atoms with E-state index in [0.717, 1.165) is 6.42 Å². The van der Waals surface area contributed by atoms with E-state index in [9.17, 15) is 0 Å². The molecule has 1 N–H and O–H groups in total. The molecule has 0 heterocycles. The predicted molar refractivity (Wildman–Crippen MR) is 36.6 cm³/mol. The van der Waals surface area contributed by atoms with Crippen molar-refractivity contribution in [3.63, 3.8) is 0 Å². The number of hydrogen-bond acceptors (Lipinski definition) is 2. The SMILES string of the molecule is COC1=CCC=CC1=N. The highest BCUT2D eigenvalue weighted by Gasteiger charge is 2.02. The van der Waals surface area contributed by atoms with E-state index >= 15 is 0 Å². The van der Waals surface area contributed by atoms with E-state index in [-0.39, 0.29) is 0 Å². The van der Waals surface area contributed by atoms with Crippen LogP contribution >= 0.6 is 0 Å². The van der Waals surface area contributed by atoms with Gasteiger partial charge in [0.05, 0.1) is 12.8 Å². The van der Waals surface area contributed by atoms with E-state index in [4.69, 9.17) is 10.1 Å². The molecule has 0 aliphatic heterocycles. The second-order valence-electron chi connectivity index (χ2n) is 1.82. The Morgan fingerprint density at radius 2 is 2.44 bits per heavy atom. The second-order valence-corrected chi connectivity index (χ2v) is 1.82. The Morgan fingerprint density at radius 1 is 1.67 bits per heavy atom. The monoisotopic (exact) mass is 123 g/mol. The first-order valence-corrected chi connectivity index (χ1v) is 2.84. The largest absolute Gasteiger partial charge is 0.495 e. The van der Waals surface area contributed by atoms with Crippen molar-refractivity contribution in [2.45, 2.75) is 6.42 Å². The topological polar surface area (TPSA) is 33.1 Å². The van der Waals surface area contributed by atoms with Gasteiger partial charge >= 0.3 is 0 Å².